The molecule has 0 N–H and O–H groups in total. The number of anilines is 6. The first-order valence-electron chi connectivity index (χ1n) is 14.2. The Morgan fingerprint density at radius 1 is 0.341 bits per heavy atom. The molecular weight excluding hydrogens is 495 g/mol. The summed E-state index contributed by atoms with van der Waals surface area (Å²) in [5.41, 5.74) is 11.4. The molecular formula is C38H25BN2. The molecule has 0 bridgehead atoms. The van der Waals surface area contributed by atoms with E-state index in [1.165, 1.54) is 72.1 Å². The summed E-state index contributed by atoms with van der Waals surface area (Å²) in [6.07, 6.45) is 0. The Morgan fingerprint density at radius 3 is 1.76 bits per heavy atom. The average molecular weight is 520 g/mol. The van der Waals surface area contributed by atoms with Crippen molar-refractivity contribution < 1.29 is 0 Å². The lowest BCUT2D eigenvalue weighted by Crippen LogP contribution is -2.61. The Morgan fingerprint density at radius 2 is 0.902 bits per heavy atom. The van der Waals surface area contributed by atoms with E-state index in [1.54, 1.807) is 0 Å². The van der Waals surface area contributed by atoms with E-state index in [9.17, 15) is 0 Å². The van der Waals surface area contributed by atoms with Crippen molar-refractivity contribution in [2.45, 2.75) is 0 Å². The lowest BCUT2D eigenvalue weighted by Gasteiger charge is -2.44. The molecule has 41 heavy (non-hydrogen) atoms. The van der Waals surface area contributed by atoms with Crippen LogP contribution in [0.25, 0.3) is 21.5 Å². The van der Waals surface area contributed by atoms with Gasteiger partial charge in [0.1, 0.15) is 0 Å². The number of hydrogen-bond donors (Lipinski definition) is 0. The fourth-order valence-electron chi connectivity index (χ4n) is 7.18. The largest absolute Gasteiger partial charge is 0.311 e. The van der Waals surface area contributed by atoms with Gasteiger partial charge in [-0.2, -0.15) is 0 Å². The smallest absolute Gasteiger partial charge is 0.252 e. The lowest BCUT2D eigenvalue weighted by atomic mass is 9.33. The van der Waals surface area contributed by atoms with Crippen LogP contribution in [0.1, 0.15) is 0 Å². The van der Waals surface area contributed by atoms with Crippen LogP contribution < -0.4 is 26.2 Å². The molecule has 0 aromatic heterocycles. The maximum Gasteiger partial charge on any atom is 0.252 e. The van der Waals surface area contributed by atoms with Gasteiger partial charge in [0.15, 0.2) is 0 Å². The number of fused-ring (bicyclic) bond motifs is 7. The summed E-state index contributed by atoms with van der Waals surface area (Å²) in [6, 6.07) is 55.4. The maximum absolute atomic E-state index is 2.49. The zero-order valence-electron chi connectivity index (χ0n) is 22.4. The molecule has 2 aliphatic heterocycles. The third-order valence-electron chi connectivity index (χ3n) is 8.82. The average Bonchev–Trinajstić information content (AvgIpc) is 3.05. The van der Waals surface area contributed by atoms with Gasteiger partial charge in [-0.05, 0) is 75.0 Å². The molecule has 0 spiro atoms. The highest BCUT2D eigenvalue weighted by molar-refractivity contribution is 7.01. The van der Waals surface area contributed by atoms with Crippen LogP contribution >= 0.6 is 0 Å². The van der Waals surface area contributed by atoms with Crippen LogP contribution in [-0.2, 0) is 0 Å². The van der Waals surface area contributed by atoms with Crippen molar-refractivity contribution in [3.05, 3.63) is 152 Å². The van der Waals surface area contributed by atoms with Crippen molar-refractivity contribution in [2.24, 2.45) is 0 Å². The minimum Gasteiger partial charge on any atom is -0.311 e. The number of benzene rings is 7. The maximum atomic E-state index is 2.49. The molecule has 0 radical (unpaired) electrons. The van der Waals surface area contributed by atoms with Gasteiger partial charge in [0, 0.05) is 33.8 Å². The summed E-state index contributed by atoms with van der Waals surface area (Å²) < 4.78 is 0. The van der Waals surface area contributed by atoms with E-state index in [0.29, 0.717) is 0 Å². The van der Waals surface area contributed by atoms with Gasteiger partial charge in [-0.15, -0.1) is 0 Å². The molecule has 2 nitrogen and oxygen atoms in total. The van der Waals surface area contributed by atoms with Crippen LogP contribution in [0.15, 0.2) is 152 Å². The Labute approximate surface area is 239 Å². The topological polar surface area (TPSA) is 6.48 Å². The van der Waals surface area contributed by atoms with E-state index in [-0.39, 0.29) is 6.71 Å². The summed E-state index contributed by atoms with van der Waals surface area (Å²) in [7, 11) is 0. The van der Waals surface area contributed by atoms with Gasteiger partial charge < -0.3 is 9.80 Å². The molecule has 2 aliphatic rings. The first-order valence-corrected chi connectivity index (χ1v) is 14.2. The van der Waals surface area contributed by atoms with E-state index in [2.05, 4.69) is 161 Å². The molecule has 190 valence electrons. The second kappa shape index (κ2) is 8.61. The minimum atomic E-state index is 0.115. The predicted octanol–water partition coefficient (Wildman–Crippen LogP) is 8.08. The van der Waals surface area contributed by atoms with E-state index in [4.69, 9.17) is 0 Å². The highest BCUT2D eigenvalue weighted by Gasteiger charge is 2.43. The van der Waals surface area contributed by atoms with Crippen LogP contribution in [0.2, 0.25) is 0 Å². The predicted molar refractivity (Wildman–Crippen MR) is 175 cm³/mol. The number of hydrogen-bond acceptors (Lipinski definition) is 2. The monoisotopic (exact) mass is 520 g/mol. The van der Waals surface area contributed by atoms with Crippen molar-refractivity contribution in [2.75, 3.05) is 9.80 Å². The standard InChI is InChI=1S/C38H25BN2/c1-2-15-28(16-3-1)40-34-22-11-23-35-38(34)39(37-30-18-7-5-13-27(30)24-25-36(37)40)31-19-8-9-20-33(31)41(35)32-21-10-14-26-12-4-6-17-29(26)32/h1-25H. The quantitative estimate of drug-likeness (QED) is 0.213. The van der Waals surface area contributed by atoms with Crippen LogP contribution in [-0.4, -0.2) is 6.71 Å². The van der Waals surface area contributed by atoms with Crippen LogP contribution in [0.3, 0.4) is 0 Å². The molecule has 2 heterocycles. The van der Waals surface area contributed by atoms with Gasteiger partial charge in [0.25, 0.3) is 6.71 Å². The first kappa shape index (κ1) is 22.5. The minimum absolute atomic E-state index is 0.115. The number of rotatable bonds is 2. The summed E-state index contributed by atoms with van der Waals surface area (Å²) >= 11 is 0. The van der Waals surface area contributed by atoms with Crippen molar-refractivity contribution in [3.8, 4) is 0 Å². The second-order valence-electron chi connectivity index (χ2n) is 10.9. The van der Waals surface area contributed by atoms with Gasteiger partial charge >= 0.3 is 0 Å². The van der Waals surface area contributed by atoms with E-state index in [1.807, 2.05) is 0 Å². The lowest BCUT2D eigenvalue weighted by molar-refractivity contribution is 1.26. The molecule has 0 saturated heterocycles. The van der Waals surface area contributed by atoms with Crippen molar-refractivity contribution >= 4 is 78.8 Å². The molecule has 7 aromatic rings. The normalized spacial score (nSPS) is 13.2. The van der Waals surface area contributed by atoms with E-state index < -0.39 is 0 Å². The first-order chi connectivity index (χ1) is 20.4. The summed E-state index contributed by atoms with van der Waals surface area (Å²) in [5.74, 6) is 0. The fourth-order valence-corrected chi connectivity index (χ4v) is 7.18. The van der Waals surface area contributed by atoms with Crippen LogP contribution in [0.5, 0.6) is 0 Å². The summed E-state index contributed by atoms with van der Waals surface area (Å²) in [4.78, 5) is 4.96. The Balaban J connectivity index is 1.43. The molecule has 0 fully saturated rings. The zero-order valence-corrected chi connectivity index (χ0v) is 22.4. The molecule has 7 aromatic carbocycles. The zero-order chi connectivity index (χ0) is 26.9. The van der Waals surface area contributed by atoms with Gasteiger partial charge in [-0.3, -0.25) is 0 Å². The fraction of sp³-hybridized carbons (Fsp3) is 0. The third kappa shape index (κ3) is 3.15. The highest BCUT2D eigenvalue weighted by atomic mass is 15.2. The van der Waals surface area contributed by atoms with Gasteiger partial charge in [0.05, 0.1) is 5.69 Å². The SMILES string of the molecule is c1ccc(N2c3cccc4c3B(c3ccccc3N4c3cccc4ccccc34)c3c2ccc2ccccc32)cc1. The van der Waals surface area contributed by atoms with Gasteiger partial charge in [0.2, 0.25) is 0 Å². The molecule has 0 saturated carbocycles. The van der Waals surface area contributed by atoms with Crippen molar-refractivity contribution in [1.29, 1.82) is 0 Å². The molecule has 0 amide bonds. The highest BCUT2D eigenvalue weighted by Crippen LogP contribution is 2.45. The molecule has 3 heteroatoms. The molecule has 0 atom stereocenters. The van der Waals surface area contributed by atoms with Gasteiger partial charge in [-0.1, -0.05) is 109 Å². The van der Waals surface area contributed by atoms with Gasteiger partial charge in [-0.25, -0.2) is 0 Å². The summed E-state index contributed by atoms with van der Waals surface area (Å²) in [5, 5.41) is 5.08. The number of nitrogens with zero attached hydrogens (tertiary/aromatic N) is 2. The second-order valence-corrected chi connectivity index (χ2v) is 10.9. The molecule has 0 aliphatic carbocycles. The summed E-state index contributed by atoms with van der Waals surface area (Å²) in [6.45, 7) is 0.115. The third-order valence-corrected chi connectivity index (χ3v) is 8.82. The van der Waals surface area contributed by atoms with E-state index >= 15 is 0 Å². The van der Waals surface area contributed by atoms with Crippen molar-refractivity contribution in [3.63, 3.8) is 0 Å². The molecule has 0 unspecified atom stereocenters. The Kier molecular flexibility index (Phi) is 4.73. The van der Waals surface area contributed by atoms with Crippen LogP contribution in [0.4, 0.5) is 34.1 Å². The van der Waals surface area contributed by atoms with E-state index in [0.717, 1.165) is 0 Å². The number of para-hydroxylation sites is 2. The Hall–Kier alpha value is -5.28. The Bertz CT molecular complexity index is 2130. The van der Waals surface area contributed by atoms with Crippen molar-refractivity contribution in [1.82, 2.24) is 0 Å². The molecule has 9 rings (SSSR count). The van der Waals surface area contributed by atoms with Crippen LogP contribution in [0, 0.1) is 0 Å².